The molecule has 1 aliphatic rings. The molecule has 5 heteroatoms. The van der Waals surface area contributed by atoms with Crippen LogP contribution >= 0.6 is 0 Å². The number of nitrogens with one attached hydrogen (secondary N) is 1. The zero-order valence-electron chi connectivity index (χ0n) is 16.8. The zero-order chi connectivity index (χ0) is 20.1. The molecule has 148 valence electrons. The SMILES string of the molecule is CC1CCN(C(=O)c2cccc(C(=O)Nc3ccc(OC(C)C)cc3)c2)CC1. The summed E-state index contributed by atoms with van der Waals surface area (Å²) in [4.78, 5) is 27.2. The number of likely N-dealkylation sites (tertiary alicyclic amines) is 1. The summed E-state index contributed by atoms with van der Waals surface area (Å²) < 4.78 is 5.61. The number of carbonyl (C=O) groups is 2. The van der Waals surface area contributed by atoms with E-state index in [0.29, 0.717) is 22.7 Å². The number of amides is 2. The molecule has 0 unspecified atom stereocenters. The highest BCUT2D eigenvalue weighted by atomic mass is 16.5. The lowest BCUT2D eigenvalue weighted by molar-refractivity contribution is 0.0697. The van der Waals surface area contributed by atoms with E-state index in [9.17, 15) is 9.59 Å². The molecule has 2 amide bonds. The predicted molar refractivity (Wildman–Crippen MR) is 111 cm³/mol. The predicted octanol–water partition coefficient (Wildman–Crippen LogP) is 4.60. The molecule has 0 saturated carbocycles. The van der Waals surface area contributed by atoms with Crippen molar-refractivity contribution in [3.8, 4) is 5.75 Å². The number of hydrogen-bond acceptors (Lipinski definition) is 3. The van der Waals surface area contributed by atoms with E-state index in [-0.39, 0.29) is 17.9 Å². The van der Waals surface area contributed by atoms with Crippen LogP contribution in [0.25, 0.3) is 0 Å². The summed E-state index contributed by atoms with van der Waals surface area (Å²) in [5.41, 5.74) is 1.71. The smallest absolute Gasteiger partial charge is 0.255 e. The Kier molecular flexibility index (Phi) is 6.34. The maximum absolute atomic E-state index is 12.7. The van der Waals surface area contributed by atoms with Gasteiger partial charge in [0.05, 0.1) is 6.10 Å². The van der Waals surface area contributed by atoms with Gasteiger partial charge in [0.1, 0.15) is 5.75 Å². The molecule has 2 aromatic carbocycles. The van der Waals surface area contributed by atoms with Crippen LogP contribution in [0.4, 0.5) is 5.69 Å². The molecule has 1 N–H and O–H groups in total. The van der Waals surface area contributed by atoms with Gasteiger partial charge in [-0.2, -0.15) is 0 Å². The Morgan fingerprint density at radius 3 is 2.32 bits per heavy atom. The third-order valence-corrected chi connectivity index (χ3v) is 4.93. The average molecular weight is 380 g/mol. The zero-order valence-corrected chi connectivity index (χ0v) is 16.8. The lowest BCUT2D eigenvalue weighted by Gasteiger charge is -2.30. The molecule has 0 atom stereocenters. The summed E-state index contributed by atoms with van der Waals surface area (Å²) in [7, 11) is 0. The van der Waals surface area contributed by atoms with Crippen molar-refractivity contribution >= 4 is 17.5 Å². The highest BCUT2D eigenvalue weighted by molar-refractivity contribution is 6.06. The Morgan fingerprint density at radius 1 is 1.04 bits per heavy atom. The Labute approximate surface area is 166 Å². The van der Waals surface area contributed by atoms with Crippen molar-refractivity contribution in [2.75, 3.05) is 18.4 Å². The van der Waals surface area contributed by atoms with Crippen LogP contribution < -0.4 is 10.1 Å². The standard InChI is InChI=1S/C23H28N2O3/c1-16(2)28-21-9-7-20(8-10-21)24-22(26)18-5-4-6-19(15-18)23(27)25-13-11-17(3)12-14-25/h4-10,15-17H,11-14H2,1-3H3,(H,24,26). The molecule has 2 aromatic rings. The number of hydrogen-bond donors (Lipinski definition) is 1. The van der Waals surface area contributed by atoms with E-state index in [4.69, 9.17) is 4.74 Å². The molecule has 0 aromatic heterocycles. The molecular weight excluding hydrogens is 352 g/mol. The van der Waals surface area contributed by atoms with Gasteiger partial charge < -0.3 is 15.0 Å². The second kappa shape index (κ2) is 8.91. The normalized spacial score (nSPS) is 14.8. The van der Waals surface area contributed by atoms with Crippen molar-refractivity contribution in [3.63, 3.8) is 0 Å². The van der Waals surface area contributed by atoms with Gasteiger partial charge in [0, 0.05) is 29.9 Å². The summed E-state index contributed by atoms with van der Waals surface area (Å²) in [6, 6.07) is 14.2. The van der Waals surface area contributed by atoms with Crippen molar-refractivity contribution in [2.45, 2.75) is 39.7 Å². The van der Waals surface area contributed by atoms with E-state index >= 15 is 0 Å². The van der Waals surface area contributed by atoms with E-state index in [1.807, 2.05) is 30.9 Å². The second-order valence-electron chi connectivity index (χ2n) is 7.70. The highest BCUT2D eigenvalue weighted by Crippen LogP contribution is 2.20. The third kappa shape index (κ3) is 5.12. The first-order valence-electron chi connectivity index (χ1n) is 9.90. The van der Waals surface area contributed by atoms with E-state index in [0.717, 1.165) is 31.7 Å². The number of ether oxygens (including phenoxy) is 1. The lowest BCUT2D eigenvalue weighted by Crippen LogP contribution is -2.38. The summed E-state index contributed by atoms with van der Waals surface area (Å²) >= 11 is 0. The first-order valence-corrected chi connectivity index (χ1v) is 9.90. The van der Waals surface area contributed by atoms with Crippen LogP contribution in [-0.2, 0) is 0 Å². The van der Waals surface area contributed by atoms with Gasteiger partial charge in [-0.3, -0.25) is 9.59 Å². The first-order chi connectivity index (χ1) is 13.4. The van der Waals surface area contributed by atoms with Gasteiger partial charge in [-0.1, -0.05) is 13.0 Å². The van der Waals surface area contributed by atoms with Gasteiger partial charge in [0.15, 0.2) is 0 Å². The Morgan fingerprint density at radius 2 is 1.68 bits per heavy atom. The fraction of sp³-hybridized carbons (Fsp3) is 0.391. The van der Waals surface area contributed by atoms with Crippen molar-refractivity contribution in [1.29, 1.82) is 0 Å². The van der Waals surface area contributed by atoms with E-state index in [1.165, 1.54) is 0 Å². The molecule has 5 nitrogen and oxygen atoms in total. The van der Waals surface area contributed by atoms with Gasteiger partial charge >= 0.3 is 0 Å². The Bertz CT molecular complexity index is 822. The molecular formula is C23H28N2O3. The quantitative estimate of drug-likeness (QED) is 0.825. The van der Waals surface area contributed by atoms with Crippen LogP contribution in [0.3, 0.4) is 0 Å². The Balaban J connectivity index is 1.66. The van der Waals surface area contributed by atoms with Crippen LogP contribution in [0.15, 0.2) is 48.5 Å². The third-order valence-electron chi connectivity index (χ3n) is 4.93. The van der Waals surface area contributed by atoms with E-state index in [1.54, 1.807) is 36.4 Å². The largest absolute Gasteiger partial charge is 0.491 e. The van der Waals surface area contributed by atoms with E-state index < -0.39 is 0 Å². The topological polar surface area (TPSA) is 58.6 Å². The van der Waals surface area contributed by atoms with Crippen LogP contribution in [0, 0.1) is 5.92 Å². The van der Waals surface area contributed by atoms with Crippen LogP contribution in [0.1, 0.15) is 54.3 Å². The number of benzene rings is 2. The molecule has 1 aliphatic heterocycles. The van der Waals surface area contributed by atoms with Gasteiger partial charge in [-0.05, 0) is 75.1 Å². The summed E-state index contributed by atoms with van der Waals surface area (Å²) in [5.74, 6) is 1.19. The minimum absolute atomic E-state index is 0.00302. The van der Waals surface area contributed by atoms with Gasteiger partial charge in [0.25, 0.3) is 11.8 Å². The molecule has 1 heterocycles. The second-order valence-corrected chi connectivity index (χ2v) is 7.70. The minimum atomic E-state index is -0.237. The number of rotatable bonds is 5. The van der Waals surface area contributed by atoms with Crippen molar-refractivity contribution in [2.24, 2.45) is 5.92 Å². The summed E-state index contributed by atoms with van der Waals surface area (Å²) in [6.07, 6.45) is 2.16. The minimum Gasteiger partial charge on any atom is -0.491 e. The molecule has 0 aliphatic carbocycles. The number of anilines is 1. The lowest BCUT2D eigenvalue weighted by atomic mass is 9.98. The maximum atomic E-state index is 12.7. The summed E-state index contributed by atoms with van der Waals surface area (Å²) in [6.45, 7) is 7.71. The molecule has 1 saturated heterocycles. The van der Waals surface area contributed by atoms with Crippen molar-refractivity contribution < 1.29 is 14.3 Å². The number of nitrogens with zero attached hydrogens (tertiary/aromatic N) is 1. The average Bonchev–Trinajstić information content (AvgIpc) is 2.69. The van der Waals surface area contributed by atoms with Crippen LogP contribution in [0.5, 0.6) is 5.75 Å². The van der Waals surface area contributed by atoms with Gasteiger partial charge in [-0.15, -0.1) is 0 Å². The highest BCUT2D eigenvalue weighted by Gasteiger charge is 2.22. The molecule has 1 fully saturated rings. The number of piperidine rings is 1. The summed E-state index contributed by atoms with van der Waals surface area (Å²) in [5, 5.41) is 2.87. The van der Waals surface area contributed by atoms with Crippen molar-refractivity contribution in [1.82, 2.24) is 4.90 Å². The monoisotopic (exact) mass is 380 g/mol. The molecule has 3 rings (SSSR count). The fourth-order valence-electron chi connectivity index (χ4n) is 3.28. The Hall–Kier alpha value is -2.82. The fourth-order valence-corrected chi connectivity index (χ4v) is 3.28. The van der Waals surface area contributed by atoms with E-state index in [2.05, 4.69) is 12.2 Å². The van der Waals surface area contributed by atoms with Crippen LogP contribution in [-0.4, -0.2) is 35.9 Å². The number of carbonyl (C=O) groups excluding carboxylic acids is 2. The molecule has 0 spiro atoms. The van der Waals surface area contributed by atoms with Crippen molar-refractivity contribution in [3.05, 3.63) is 59.7 Å². The maximum Gasteiger partial charge on any atom is 0.255 e. The van der Waals surface area contributed by atoms with Crippen LogP contribution in [0.2, 0.25) is 0 Å². The van der Waals surface area contributed by atoms with Gasteiger partial charge in [-0.25, -0.2) is 0 Å². The molecule has 0 bridgehead atoms. The molecule has 0 radical (unpaired) electrons. The first kappa shape index (κ1) is 19.9. The molecule has 28 heavy (non-hydrogen) atoms. The van der Waals surface area contributed by atoms with Gasteiger partial charge in [0.2, 0.25) is 0 Å².